The second-order valence-corrected chi connectivity index (χ2v) is 5.58. The Morgan fingerprint density at radius 3 is 2.00 bits per heavy atom. The molecule has 0 atom stereocenters. The first kappa shape index (κ1) is 11.5. The Morgan fingerprint density at radius 2 is 1.50 bits per heavy atom. The molecule has 1 aliphatic rings. The Hall–Kier alpha value is -0.980. The largest absolute Gasteiger partial charge is 0.508 e. The summed E-state index contributed by atoms with van der Waals surface area (Å²) in [4.78, 5) is 0. The highest BCUT2D eigenvalue weighted by atomic mass is 16.3. The summed E-state index contributed by atoms with van der Waals surface area (Å²) in [5, 5.41) is 9.60. The fourth-order valence-corrected chi connectivity index (χ4v) is 3.47. The van der Waals surface area contributed by atoms with Crippen LogP contribution in [0.2, 0.25) is 0 Å². The molecule has 1 aromatic carbocycles. The standard InChI is InChI=1S/C15H22O/c1-11-9-13(16)10-12(2)14(11)15(3)7-5-4-6-8-15/h9-10,16H,4-8H2,1-3H3. The summed E-state index contributed by atoms with van der Waals surface area (Å²) in [6.07, 6.45) is 6.65. The van der Waals surface area contributed by atoms with E-state index in [1.165, 1.54) is 48.8 Å². The Labute approximate surface area is 98.5 Å². The Morgan fingerprint density at radius 1 is 1.00 bits per heavy atom. The van der Waals surface area contributed by atoms with Crippen molar-refractivity contribution in [1.29, 1.82) is 0 Å². The molecule has 0 aromatic heterocycles. The highest BCUT2D eigenvalue weighted by molar-refractivity contribution is 5.44. The highest BCUT2D eigenvalue weighted by Gasteiger charge is 2.31. The third-order valence-electron chi connectivity index (χ3n) is 4.08. The van der Waals surface area contributed by atoms with E-state index >= 15 is 0 Å². The molecule has 1 aromatic rings. The van der Waals surface area contributed by atoms with E-state index in [1.807, 2.05) is 12.1 Å². The normalized spacial score (nSPS) is 19.7. The van der Waals surface area contributed by atoms with Crippen LogP contribution in [0.4, 0.5) is 0 Å². The molecular weight excluding hydrogens is 196 g/mol. The molecule has 1 aliphatic carbocycles. The number of hydrogen-bond acceptors (Lipinski definition) is 1. The van der Waals surface area contributed by atoms with E-state index in [-0.39, 0.29) is 0 Å². The molecule has 2 rings (SSSR count). The van der Waals surface area contributed by atoms with Crippen LogP contribution in [0.1, 0.15) is 55.7 Å². The van der Waals surface area contributed by atoms with Gasteiger partial charge in [0.25, 0.3) is 0 Å². The van der Waals surface area contributed by atoms with E-state index in [1.54, 1.807) is 0 Å². The molecule has 1 fully saturated rings. The lowest BCUT2D eigenvalue weighted by Gasteiger charge is -2.36. The van der Waals surface area contributed by atoms with Crippen molar-refractivity contribution in [2.24, 2.45) is 0 Å². The molecule has 0 amide bonds. The minimum absolute atomic E-state index is 0.333. The molecular formula is C15H22O. The SMILES string of the molecule is Cc1cc(O)cc(C)c1C1(C)CCCCC1. The Bertz CT molecular complexity index is 363. The maximum absolute atomic E-state index is 9.60. The van der Waals surface area contributed by atoms with Gasteiger partial charge in [-0.25, -0.2) is 0 Å². The zero-order valence-electron chi connectivity index (χ0n) is 10.6. The number of aromatic hydroxyl groups is 1. The van der Waals surface area contributed by atoms with Crippen molar-refractivity contribution in [3.63, 3.8) is 0 Å². The number of phenolic OH excluding ortho intramolecular Hbond substituents is 1. The molecule has 0 bridgehead atoms. The number of hydrogen-bond donors (Lipinski definition) is 1. The van der Waals surface area contributed by atoms with Crippen LogP contribution in [0, 0.1) is 13.8 Å². The van der Waals surface area contributed by atoms with Gasteiger partial charge < -0.3 is 5.11 Å². The second-order valence-electron chi connectivity index (χ2n) is 5.58. The fourth-order valence-electron chi connectivity index (χ4n) is 3.47. The predicted molar refractivity (Wildman–Crippen MR) is 68.0 cm³/mol. The van der Waals surface area contributed by atoms with Gasteiger partial charge >= 0.3 is 0 Å². The summed E-state index contributed by atoms with van der Waals surface area (Å²) in [5.74, 6) is 0.401. The fraction of sp³-hybridized carbons (Fsp3) is 0.600. The zero-order valence-corrected chi connectivity index (χ0v) is 10.6. The summed E-state index contributed by atoms with van der Waals surface area (Å²) in [6.45, 7) is 6.64. The van der Waals surface area contributed by atoms with Gasteiger partial charge in [0.05, 0.1) is 0 Å². The van der Waals surface area contributed by atoms with Gasteiger partial charge in [-0.05, 0) is 60.9 Å². The van der Waals surface area contributed by atoms with E-state index in [0.29, 0.717) is 11.2 Å². The van der Waals surface area contributed by atoms with E-state index < -0.39 is 0 Å². The van der Waals surface area contributed by atoms with Gasteiger partial charge in [0, 0.05) is 0 Å². The van der Waals surface area contributed by atoms with Crippen molar-refractivity contribution in [1.82, 2.24) is 0 Å². The van der Waals surface area contributed by atoms with Crippen LogP contribution in [0.25, 0.3) is 0 Å². The van der Waals surface area contributed by atoms with Crippen molar-refractivity contribution in [2.45, 2.75) is 58.3 Å². The van der Waals surface area contributed by atoms with Crippen LogP contribution in [0.3, 0.4) is 0 Å². The third kappa shape index (κ3) is 1.95. The molecule has 1 nitrogen and oxygen atoms in total. The van der Waals surface area contributed by atoms with Gasteiger partial charge in [-0.3, -0.25) is 0 Å². The van der Waals surface area contributed by atoms with Gasteiger partial charge in [-0.2, -0.15) is 0 Å². The maximum Gasteiger partial charge on any atom is 0.116 e. The average molecular weight is 218 g/mol. The second kappa shape index (κ2) is 4.12. The van der Waals surface area contributed by atoms with Crippen LogP contribution in [0.5, 0.6) is 5.75 Å². The monoisotopic (exact) mass is 218 g/mol. The van der Waals surface area contributed by atoms with E-state index in [4.69, 9.17) is 0 Å². The molecule has 1 N–H and O–H groups in total. The number of phenols is 1. The Kier molecular flexibility index (Phi) is 2.96. The first-order valence-electron chi connectivity index (χ1n) is 6.34. The molecule has 16 heavy (non-hydrogen) atoms. The summed E-state index contributed by atoms with van der Waals surface area (Å²) in [6, 6.07) is 3.81. The van der Waals surface area contributed by atoms with Gasteiger partial charge in [0.2, 0.25) is 0 Å². The topological polar surface area (TPSA) is 20.2 Å². The summed E-state index contributed by atoms with van der Waals surface area (Å²) in [7, 11) is 0. The highest BCUT2D eigenvalue weighted by Crippen LogP contribution is 2.42. The van der Waals surface area contributed by atoms with Gasteiger partial charge in [0.15, 0.2) is 0 Å². The molecule has 0 saturated heterocycles. The minimum atomic E-state index is 0.333. The molecule has 0 heterocycles. The molecule has 1 saturated carbocycles. The predicted octanol–water partition coefficient (Wildman–Crippen LogP) is 4.23. The molecule has 0 radical (unpaired) electrons. The minimum Gasteiger partial charge on any atom is -0.508 e. The number of benzene rings is 1. The summed E-state index contributed by atoms with van der Waals surface area (Å²) < 4.78 is 0. The first-order chi connectivity index (χ1) is 7.53. The van der Waals surface area contributed by atoms with Crippen molar-refractivity contribution in [2.75, 3.05) is 0 Å². The first-order valence-corrected chi connectivity index (χ1v) is 6.34. The summed E-state index contributed by atoms with van der Waals surface area (Å²) >= 11 is 0. The molecule has 0 spiro atoms. The van der Waals surface area contributed by atoms with Crippen LogP contribution in [0.15, 0.2) is 12.1 Å². The van der Waals surface area contributed by atoms with Crippen LogP contribution >= 0.6 is 0 Å². The van der Waals surface area contributed by atoms with Crippen LogP contribution in [-0.2, 0) is 5.41 Å². The Balaban J connectivity index is 2.46. The van der Waals surface area contributed by atoms with Crippen LogP contribution < -0.4 is 0 Å². The lowest BCUT2D eigenvalue weighted by atomic mass is 9.68. The van der Waals surface area contributed by atoms with Crippen molar-refractivity contribution in [3.8, 4) is 5.75 Å². The number of rotatable bonds is 1. The molecule has 88 valence electrons. The quantitative estimate of drug-likeness (QED) is 0.748. The van der Waals surface area contributed by atoms with Gasteiger partial charge in [-0.15, -0.1) is 0 Å². The molecule has 1 heteroatoms. The third-order valence-corrected chi connectivity index (χ3v) is 4.08. The van der Waals surface area contributed by atoms with E-state index in [2.05, 4.69) is 20.8 Å². The smallest absolute Gasteiger partial charge is 0.116 e. The van der Waals surface area contributed by atoms with Gasteiger partial charge in [0.1, 0.15) is 5.75 Å². The van der Waals surface area contributed by atoms with E-state index in [9.17, 15) is 5.11 Å². The molecule has 0 aliphatic heterocycles. The van der Waals surface area contributed by atoms with Crippen molar-refractivity contribution >= 4 is 0 Å². The van der Waals surface area contributed by atoms with Gasteiger partial charge in [-0.1, -0.05) is 26.2 Å². The maximum atomic E-state index is 9.60. The lowest BCUT2D eigenvalue weighted by molar-refractivity contribution is 0.316. The van der Waals surface area contributed by atoms with Crippen molar-refractivity contribution < 1.29 is 5.11 Å². The number of aryl methyl sites for hydroxylation is 2. The van der Waals surface area contributed by atoms with Crippen molar-refractivity contribution in [3.05, 3.63) is 28.8 Å². The van der Waals surface area contributed by atoms with E-state index in [0.717, 1.165) is 0 Å². The zero-order chi connectivity index (χ0) is 11.8. The average Bonchev–Trinajstić information content (AvgIpc) is 2.16. The molecule has 0 unspecified atom stereocenters. The summed E-state index contributed by atoms with van der Waals surface area (Å²) in [5.41, 5.74) is 4.31. The van der Waals surface area contributed by atoms with Crippen LogP contribution in [-0.4, -0.2) is 5.11 Å². The lowest BCUT2D eigenvalue weighted by Crippen LogP contribution is -2.27.